The van der Waals surface area contributed by atoms with Crippen molar-refractivity contribution in [2.45, 2.75) is 51.0 Å². The fourth-order valence-corrected chi connectivity index (χ4v) is 3.40. The van der Waals surface area contributed by atoms with E-state index >= 15 is 0 Å². The molecule has 4 nitrogen and oxygen atoms in total. The Morgan fingerprint density at radius 1 is 1.44 bits per heavy atom. The molecule has 0 bridgehead atoms. The summed E-state index contributed by atoms with van der Waals surface area (Å²) < 4.78 is 0. The van der Waals surface area contributed by atoms with Crippen molar-refractivity contribution in [1.82, 2.24) is 10.6 Å². The summed E-state index contributed by atoms with van der Waals surface area (Å²) in [7, 11) is 0. The van der Waals surface area contributed by atoms with Crippen molar-refractivity contribution in [2.24, 2.45) is 11.8 Å². The SMILES string of the molecule is CC1CCCC(CO)(NC(=O)C2CCCNC2)C1. The third-order valence-corrected chi connectivity index (χ3v) is 4.45. The molecule has 1 aliphatic heterocycles. The first kappa shape index (κ1) is 13.8. The van der Waals surface area contributed by atoms with Crippen LogP contribution in [0.3, 0.4) is 0 Å². The maximum Gasteiger partial charge on any atom is 0.224 e. The van der Waals surface area contributed by atoms with Gasteiger partial charge in [0.1, 0.15) is 0 Å². The minimum absolute atomic E-state index is 0.0726. The molecule has 0 aromatic heterocycles. The van der Waals surface area contributed by atoms with Crippen LogP contribution in [0.15, 0.2) is 0 Å². The first-order valence-electron chi connectivity index (χ1n) is 7.29. The molecule has 18 heavy (non-hydrogen) atoms. The molecule has 2 aliphatic rings. The van der Waals surface area contributed by atoms with Crippen LogP contribution in [-0.4, -0.2) is 36.2 Å². The van der Waals surface area contributed by atoms with Crippen molar-refractivity contribution in [3.05, 3.63) is 0 Å². The molecule has 0 radical (unpaired) electrons. The van der Waals surface area contributed by atoms with Gasteiger partial charge in [0.15, 0.2) is 0 Å². The Bertz CT molecular complexity index is 290. The van der Waals surface area contributed by atoms with Crippen LogP contribution in [0.1, 0.15) is 45.4 Å². The molecule has 104 valence electrons. The highest BCUT2D eigenvalue weighted by atomic mass is 16.3. The van der Waals surface area contributed by atoms with Gasteiger partial charge in [0.25, 0.3) is 0 Å². The van der Waals surface area contributed by atoms with Gasteiger partial charge in [-0.1, -0.05) is 19.8 Å². The topological polar surface area (TPSA) is 61.4 Å². The highest BCUT2D eigenvalue weighted by Gasteiger charge is 2.37. The number of rotatable bonds is 3. The number of hydrogen-bond donors (Lipinski definition) is 3. The third kappa shape index (κ3) is 3.23. The standard InChI is InChI=1S/C14H26N2O2/c1-11-4-2-6-14(8-11,10-17)16-13(18)12-5-3-7-15-9-12/h11-12,15,17H,2-10H2,1H3,(H,16,18). The summed E-state index contributed by atoms with van der Waals surface area (Å²) >= 11 is 0. The van der Waals surface area contributed by atoms with Crippen molar-refractivity contribution >= 4 is 5.91 Å². The number of amides is 1. The molecule has 1 amide bonds. The van der Waals surface area contributed by atoms with Gasteiger partial charge in [-0.2, -0.15) is 0 Å². The summed E-state index contributed by atoms with van der Waals surface area (Å²) in [5.74, 6) is 0.806. The van der Waals surface area contributed by atoms with Crippen molar-refractivity contribution < 1.29 is 9.90 Å². The fraction of sp³-hybridized carbons (Fsp3) is 0.929. The lowest BCUT2D eigenvalue weighted by Crippen LogP contribution is -2.56. The van der Waals surface area contributed by atoms with E-state index in [1.165, 1.54) is 6.42 Å². The molecule has 0 aromatic carbocycles. The molecule has 3 unspecified atom stereocenters. The molecule has 1 saturated carbocycles. The first-order valence-corrected chi connectivity index (χ1v) is 7.29. The van der Waals surface area contributed by atoms with Crippen molar-refractivity contribution in [2.75, 3.05) is 19.7 Å². The normalized spacial score (nSPS) is 37.2. The van der Waals surface area contributed by atoms with E-state index in [2.05, 4.69) is 17.6 Å². The van der Waals surface area contributed by atoms with Crippen LogP contribution in [-0.2, 0) is 4.79 Å². The third-order valence-electron chi connectivity index (χ3n) is 4.45. The Morgan fingerprint density at radius 3 is 2.89 bits per heavy atom. The zero-order valence-corrected chi connectivity index (χ0v) is 11.4. The van der Waals surface area contributed by atoms with Gasteiger partial charge in [-0.25, -0.2) is 0 Å². The summed E-state index contributed by atoms with van der Waals surface area (Å²) in [5, 5.41) is 16.1. The van der Waals surface area contributed by atoms with E-state index in [9.17, 15) is 9.90 Å². The number of aliphatic hydroxyl groups is 1. The van der Waals surface area contributed by atoms with Crippen molar-refractivity contribution in [3.8, 4) is 0 Å². The number of piperidine rings is 1. The number of hydrogen-bond acceptors (Lipinski definition) is 3. The van der Waals surface area contributed by atoms with Gasteiger partial charge in [-0.15, -0.1) is 0 Å². The second-order valence-corrected chi connectivity index (χ2v) is 6.17. The summed E-state index contributed by atoms with van der Waals surface area (Å²) in [6.07, 6.45) is 6.18. The maximum absolute atomic E-state index is 12.3. The minimum atomic E-state index is -0.355. The summed E-state index contributed by atoms with van der Waals surface area (Å²) in [4.78, 5) is 12.3. The predicted molar refractivity (Wildman–Crippen MR) is 71.2 cm³/mol. The lowest BCUT2D eigenvalue weighted by atomic mass is 9.76. The zero-order chi connectivity index (χ0) is 13.0. The minimum Gasteiger partial charge on any atom is -0.394 e. The average Bonchev–Trinajstić information content (AvgIpc) is 2.39. The average molecular weight is 254 g/mol. The number of carbonyl (C=O) groups is 1. The van der Waals surface area contributed by atoms with Crippen molar-refractivity contribution in [1.29, 1.82) is 0 Å². The van der Waals surface area contributed by atoms with E-state index in [1.54, 1.807) is 0 Å². The van der Waals surface area contributed by atoms with Gasteiger partial charge in [0, 0.05) is 6.54 Å². The highest BCUT2D eigenvalue weighted by molar-refractivity contribution is 5.79. The monoisotopic (exact) mass is 254 g/mol. The molecule has 4 heteroatoms. The molecule has 2 rings (SSSR count). The lowest BCUT2D eigenvalue weighted by molar-refractivity contribution is -0.128. The summed E-state index contributed by atoms with van der Waals surface area (Å²) in [6, 6.07) is 0. The zero-order valence-electron chi connectivity index (χ0n) is 11.4. The van der Waals surface area contributed by atoms with Crippen molar-refractivity contribution in [3.63, 3.8) is 0 Å². The Balaban J connectivity index is 1.94. The fourth-order valence-electron chi connectivity index (χ4n) is 3.40. The highest BCUT2D eigenvalue weighted by Crippen LogP contribution is 2.32. The summed E-state index contributed by atoms with van der Waals surface area (Å²) in [6.45, 7) is 4.08. The molecular weight excluding hydrogens is 228 g/mol. The van der Waals surface area contributed by atoms with E-state index in [-0.39, 0.29) is 24.0 Å². The smallest absolute Gasteiger partial charge is 0.224 e. The predicted octanol–water partition coefficient (Wildman–Crippen LogP) is 1.04. The number of nitrogens with one attached hydrogen (secondary N) is 2. The van der Waals surface area contributed by atoms with E-state index < -0.39 is 0 Å². The quantitative estimate of drug-likeness (QED) is 0.705. The molecule has 0 aromatic rings. The van der Waals surface area contributed by atoms with Crippen LogP contribution in [0.4, 0.5) is 0 Å². The van der Waals surface area contributed by atoms with Crippen LogP contribution in [0, 0.1) is 11.8 Å². The molecule has 1 heterocycles. The van der Waals surface area contributed by atoms with E-state index in [0.29, 0.717) is 5.92 Å². The molecule has 0 spiro atoms. The second kappa shape index (κ2) is 6.02. The van der Waals surface area contributed by atoms with Crippen LogP contribution in [0.2, 0.25) is 0 Å². The number of aliphatic hydroxyl groups excluding tert-OH is 1. The van der Waals surface area contributed by atoms with E-state index in [1.807, 2.05) is 0 Å². The maximum atomic E-state index is 12.3. The van der Waals surface area contributed by atoms with Gasteiger partial charge in [0.2, 0.25) is 5.91 Å². The molecule has 2 fully saturated rings. The van der Waals surface area contributed by atoms with Gasteiger partial charge in [-0.3, -0.25) is 4.79 Å². The second-order valence-electron chi connectivity index (χ2n) is 6.17. The van der Waals surface area contributed by atoms with Gasteiger partial charge >= 0.3 is 0 Å². The largest absolute Gasteiger partial charge is 0.394 e. The summed E-state index contributed by atoms with van der Waals surface area (Å²) in [5.41, 5.74) is -0.355. The van der Waals surface area contributed by atoms with Crippen LogP contribution in [0.5, 0.6) is 0 Å². The Hall–Kier alpha value is -0.610. The molecular formula is C14H26N2O2. The molecule has 3 atom stereocenters. The number of carbonyl (C=O) groups excluding carboxylic acids is 1. The molecule has 3 N–H and O–H groups in total. The van der Waals surface area contributed by atoms with Gasteiger partial charge in [-0.05, 0) is 38.1 Å². The first-order chi connectivity index (χ1) is 8.65. The van der Waals surface area contributed by atoms with Crippen LogP contribution < -0.4 is 10.6 Å². The van der Waals surface area contributed by atoms with Gasteiger partial charge < -0.3 is 15.7 Å². The molecule has 1 aliphatic carbocycles. The van der Waals surface area contributed by atoms with E-state index in [0.717, 1.165) is 45.2 Å². The van der Waals surface area contributed by atoms with Crippen LogP contribution in [0.25, 0.3) is 0 Å². The Labute approximate surface area is 110 Å². The van der Waals surface area contributed by atoms with Gasteiger partial charge in [0.05, 0.1) is 18.1 Å². The lowest BCUT2D eigenvalue weighted by Gasteiger charge is -2.40. The van der Waals surface area contributed by atoms with E-state index in [4.69, 9.17) is 0 Å². The Kier molecular flexibility index (Phi) is 4.62. The molecule has 1 saturated heterocycles. The Morgan fingerprint density at radius 2 is 2.28 bits per heavy atom. The van der Waals surface area contributed by atoms with Crippen LogP contribution >= 0.6 is 0 Å².